The van der Waals surface area contributed by atoms with Crippen LogP contribution < -0.4 is 16.2 Å². The van der Waals surface area contributed by atoms with Gasteiger partial charge in [-0.3, -0.25) is 9.59 Å². The summed E-state index contributed by atoms with van der Waals surface area (Å²) in [5.41, 5.74) is 0.576. The number of aromatic amines is 1. The Morgan fingerprint density at radius 2 is 1.96 bits per heavy atom. The van der Waals surface area contributed by atoms with Crippen molar-refractivity contribution in [1.29, 1.82) is 0 Å². The number of hydrogen-bond acceptors (Lipinski definition) is 5. The van der Waals surface area contributed by atoms with Crippen molar-refractivity contribution < 1.29 is 4.79 Å². The summed E-state index contributed by atoms with van der Waals surface area (Å²) in [6, 6.07) is 7.29. The first-order chi connectivity index (χ1) is 12.7. The Kier molecular flexibility index (Phi) is 8.71. The lowest BCUT2D eigenvalue weighted by Crippen LogP contribution is -2.44. The Bertz CT molecular complexity index is 789. The molecule has 7 nitrogen and oxygen atoms in total. The minimum Gasteiger partial charge on any atom is -0.356 e. The molecule has 148 valence electrons. The van der Waals surface area contributed by atoms with Crippen LogP contribution in [-0.2, 0) is 11.2 Å². The fourth-order valence-electron chi connectivity index (χ4n) is 3.22. The van der Waals surface area contributed by atoms with Crippen molar-refractivity contribution in [1.82, 2.24) is 25.5 Å². The highest BCUT2D eigenvalue weighted by atomic mass is 35.5. The fourth-order valence-corrected chi connectivity index (χ4v) is 3.22. The molecular formula is C19H28ClN5O2. The van der Waals surface area contributed by atoms with E-state index < -0.39 is 0 Å². The zero-order valence-corrected chi connectivity index (χ0v) is 16.3. The summed E-state index contributed by atoms with van der Waals surface area (Å²) in [4.78, 5) is 33.6. The van der Waals surface area contributed by atoms with Crippen molar-refractivity contribution in [2.75, 3.05) is 39.3 Å². The Hall–Kier alpha value is -1.96. The van der Waals surface area contributed by atoms with E-state index in [0.717, 1.165) is 39.1 Å². The minimum absolute atomic E-state index is 0. The van der Waals surface area contributed by atoms with Crippen LogP contribution in [0.1, 0.15) is 25.1 Å². The first kappa shape index (κ1) is 21.3. The molecule has 0 radical (unpaired) electrons. The summed E-state index contributed by atoms with van der Waals surface area (Å²) in [6.07, 6.45) is 2.69. The molecule has 27 heavy (non-hydrogen) atoms. The molecule has 1 fully saturated rings. The number of amides is 1. The maximum absolute atomic E-state index is 12.0. The van der Waals surface area contributed by atoms with Gasteiger partial charge in [-0.1, -0.05) is 12.1 Å². The second-order valence-corrected chi connectivity index (χ2v) is 6.68. The zero-order valence-electron chi connectivity index (χ0n) is 15.5. The number of aryl methyl sites for hydroxylation is 1. The molecule has 1 saturated heterocycles. The first-order valence-corrected chi connectivity index (χ1v) is 9.40. The average molecular weight is 394 g/mol. The summed E-state index contributed by atoms with van der Waals surface area (Å²) in [6.45, 7) is 6.03. The molecule has 1 aromatic heterocycles. The van der Waals surface area contributed by atoms with E-state index in [0.29, 0.717) is 42.5 Å². The van der Waals surface area contributed by atoms with Crippen LogP contribution in [0, 0.1) is 0 Å². The molecule has 1 aliphatic rings. The molecule has 1 aromatic carbocycles. The maximum Gasteiger partial charge on any atom is 0.258 e. The summed E-state index contributed by atoms with van der Waals surface area (Å²) in [5.74, 6) is 0.702. The van der Waals surface area contributed by atoms with E-state index in [-0.39, 0.29) is 23.9 Å². The predicted molar refractivity (Wildman–Crippen MR) is 109 cm³/mol. The topological polar surface area (TPSA) is 90.1 Å². The molecule has 8 heteroatoms. The Labute approximate surface area is 165 Å². The summed E-state index contributed by atoms with van der Waals surface area (Å²) >= 11 is 0. The second kappa shape index (κ2) is 11.0. The van der Waals surface area contributed by atoms with Crippen molar-refractivity contribution in [2.24, 2.45) is 0 Å². The fraction of sp³-hybridized carbons (Fsp3) is 0.526. The normalized spacial score (nSPS) is 14.7. The van der Waals surface area contributed by atoms with Gasteiger partial charge >= 0.3 is 0 Å². The molecule has 3 rings (SSSR count). The number of piperazine rings is 1. The van der Waals surface area contributed by atoms with Gasteiger partial charge in [0.2, 0.25) is 5.91 Å². The van der Waals surface area contributed by atoms with Gasteiger partial charge in [-0.25, -0.2) is 4.98 Å². The molecule has 0 atom stereocenters. The van der Waals surface area contributed by atoms with Gasteiger partial charge in [-0.2, -0.15) is 0 Å². The lowest BCUT2D eigenvalue weighted by Gasteiger charge is -2.27. The summed E-state index contributed by atoms with van der Waals surface area (Å²) in [5, 5.41) is 6.91. The molecular weight excluding hydrogens is 366 g/mol. The van der Waals surface area contributed by atoms with E-state index in [9.17, 15) is 9.59 Å². The molecule has 2 heterocycles. The largest absolute Gasteiger partial charge is 0.356 e. The molecule has 3 N–H and O–H groups in total. The van der Waals surface area contributed by atoms with Crippen molar-refractivity contribution in [2.45, 2.75) is 25.7 Å². The van der Waals surface area contributed by atoms with Crippen molar-refractivity contribution >= 4 is 29.2 Å². The van der Waals surface area contributed by atoms with E-state index >= 15 is 0 Å². The van der Waals surface area contributed by atoms with Crippen LogP contribution in [-0.4, -0.2) is 60.0 Å². The lowest BCUT2D eigenvalue weighted by molar-refractivity contribution is -0.121. The quantitative estimate of drug-likeness (QED) is 0.584. The van der Waals surface area contributed by atoms with Gasteiger partial charge in [0.15, 0.2) is 0 Å². The number of nitrogens with one attached hydrogen (secondary N) is 3. The van der Waals surface area contributed by atoms with Crippen molar-refractivity contribution in [3.05, 3.63) is 40.4 Å². The Morgan fingerprint density at radius 1 is 1.19 bits per heavy atom. The van der Waals surface area contributed by atoms with E-state index in [1.807, 2.05) is 18.2 Å². The third-order valence-electron chi connectivity index (χ3n) is 4.66. The van der Waals surface area contributed by atoms with Crippen LogP contribution in [0.4, 0.5) is 0 Å². The van der Waals surface area contributed by atoms with E-state index in [4.69, 9.17) is 0 Å². The van der Waals surface area contributed by atoms with Crippen molar-refractivity contribution in [3.63, 3.8) is 0 Å². The summed E-state index contributed by atoms with van der Waals surface area (Å²) in [7, 11) is 0. The highest BCUT2D eigenvalue weighted by Gasteiger charge is 2.09. The molecule has 0 saturated carbocycles. The van der Waals surface area contributed by atoms with Crippen LogP contribution in [0.5, 0.6) is 0 Å². The van der Waals surface area contributed by atoms with E-state index in [1.54, 1.807) is 6.07 Å². The zero-order chi connectivity index (χ0) is 18.2. The molecule has 1 amide bonds. The number of fused-ring (bicyclic) bond motifs is 1. The maximum atomic E-state index is 12.0. The van der Waals surface area contributed by atoms with Crippen LogP contribution in [0.3, 0.4) is 0 Å². The average Bonchev–Trinajstić information content (AvgIpc) is 2.66. The van der Waals surface area contributed by atoms with Crippen LogP contribution in [0.2, 0.25) is 0 Å². The number of para-hydroxylation sites is 1. The smallest absolute Gasteiger partial charge is 0.258 e. The highest BCUT2D eigenvalue weighted by molar-refractivity contribution is 5.85. The number of nitrogens with zero attached hydrogens (tertiary/aromatic N) is 2. The lowest BCUT2D eigenvalue weighted by atomic mass is 10.2. The van der Waals surface area contributed by atoms with Gasteiger partial charge in [-0.15, -0.1) is 12.4 Å². The molecule has 0 spiro atoms. The van der Waals surface area contributed by atoms with Gasteiger partial charge < -0.3 is 20.5 Å². The van der Waals surface area contributed by atoms with Gasteiger partial charge in [0.25, 0.3) is 5.56 Å². The van der Waals surface area contributed by atoms with Gasteiger partial charge in [0.05, 0.1) is 10.9 Å². The van der Waals surface area contributed by atoms with Gasteiger partial charge in [-0.05, 0) is 31.5 Å². The number of rotatable bonds is 8. The molecule has 1 aliphatic heterocycles. The molecule has 0 unspecified atom stereocenters. The van der Waals surface area contributed by atoms with Crippen LogP contribution >= 0.6 is 12.4 Å². The van der Waals surface area contributed by atoms with Crippen LogP contribution in [0.15, 0.2) is 29.1 Å². The number of hydrogen-bond donors (Lipinski definition) is 3. The van der Waals surface area contributed by atoms with Gasteiger partial charge in [0, 0.05) is 45.6 Å². The number of carbonyl (C=O) groups excluding carboxylic acids is 1. The highest BCUT2D eigenvalue weighted by Crippen LogP contribution is 2.07. The van der Waals surface area contributed by atoms with Gasteiger partial charge in [0.1, 0.15) is 5.82 Å². The number of aromatic nitrogens is 2. The minimum atomic E-state index is -0.122. The number of carbonyl (C=O) groups is 1. The first-order valence-electron chi connectivity index (χ1n) is 9.40. The molecule has 2 aromatic rings. The molecule has 0 bridgehead atoms. The Balaban J connectivity index is 0.00000261. The summed E-state index contributed by atoms with van der Waals surface area (Å²) < 4.78 is 0. The number of benzene rings is 1. The van der Waals surface area contributed by atoms with E-state index in [2.05, 4.69) is 25.5 Å². The SMILES string of the molecule is Cl.O=C(CCCc1nc2ccccc2c(=O)[nH]1)NCCCN1CCNCC1. The van der Waals surface area contributed by atoms with E-state index in [1.165, 1.54) is 0 Å². The number of halogens is 1. The van der Waals surface area contributed by atoms with Crippen LogP contribution in [0.25, 0.3) is 10.9 Å². The number of H-pyrrole nitrogens is 1. The standard InChI is InChI=1S/C19H27N5O2.ClH/c25-18(21-9-4-12-24-13-10-20-11-14-24)8-3-7-17-22-16-6-2-1-5-15(16)19(26)23-17;/h1-2,5-6,20H,3-4,7-14H2,(H,21,25)(H,22,23,26);1H. The Morgan fingerprint density at radius 3 is 2.78 bits per heavy atom. The predicted octanol–water partition coefficient (Wildman–Crippen LogP) is 1.08. The monoisotopic (exact) mass is 393 g/mol. The third kappa shape index (κ3) is 6.61. The molecule has 0 aliphatic carbocycles. The second-order valence-electron chi connectivity index (χ2n) is 6.68. The third-order valence-corrected chi connectivity index (χ3v) is 4.66. The van der Waals surface area contributed by atoms with Crippen molar-refractivity contribution in [3.8, 4) is 0 Å².